The summed E-state index contributed by atoms with van der Waals surface area (Å²) in [5, 5.41) is 3.63. The van der Waals surface area contributed by atoms with E-state index in [2.05, 4.69) is 16.2 Å². The number of thiocarbonyl (C=S) groups is 1. The van der Waals surface area contributed by atoms with E-state index in [1.54, 1.807) is 26.2 Å². The topological polar surface area (TPSA) is 73.5 Å². The second-order valence-electron chi connectivity index (χ2n) is 6.11. The molecule has 136 valence electrons. The molecular formula is C17H24N4O2S2. The number of benzene rings is 1. The van der Waals surface area contributed by atoms with Gasteiger partial charge in [0.1, 0.15) is 0 Å². The van der Waals surface area contributed by atoms with E-state index in [-0.39, 0.29) is 17.6 Å². The molecule has 0 aliphatic heterocycles. The lowest BCUT2D eigenvalue weighted by Gasteiger charge is -2.17. The van der Waals surface area contributed by atoms with Crippen LogP contribution in [-0.4, -0.2) is 47.7 Å². The molecule has 2 rings (SSSR count). The van der Waals surface area contributed by atoms with Crippen LogP contribution in [0.25, 0.3) is 0 Å². The van der Waals surface area contributed by atoms with Gasteiger partial charge in [-0.1, -0.05) is 25.0 Å². The minimum atomic E-state index is -0.282. The monoisotopic (exact) mass is 380 g/mol. The molecule has 0 spiro atoms. The molecule has 0 heterocycles. The van der Waals surface area contributed by atoms with Gasteiger partial charge in [-0.15, -0.1) is 11.8 Å². The molecule has 0 unspecified atom stereocenters. The molecule has 1 aliphatic rings. The number of nitrogens with zero attached hydrogens (tertiary/aromatic N) is 1. The minimum Gasteiger partial charge on any atom is -0.359 e. The molecule has 1 aromatic rings. The highest BCUT2D eigenvalue weighted by atomic mass is 32.2. The smallest absolute Gasteiger partial charge is 0.270 e. The van der Waals surface area contributed by atoms with Gasteiger partial charge >= 0.3 is 0 Å². The van der Waals surface area contributed by atoms with Crippen LogP contribution in [0.15, 0.2) is 29.2 Å². The Balaban J connectivity index is 1.87. The summed E-state index contributed by atoms with van der Waals surface area (Å²) in [5.41, 5.74) is 5.89. The van der Waals surface area contributed by atoms with Crippen LogP contribution in [0.5, 0.6) is 0 Å². The second kappa shape index (κ2) is 9.62. The number of carbonyl (C=O) groups excluding carboxylic acids is 2. The first-order valence-electron chi connectivity index (χ1n) is 8.26. The molecule has 1 aliphatic carbocycles. The number of amides is 2. The lowest BCUT2D eigenvalue weighted by Crippen LogP contribution is -2.49. The van der Waals surface area contributed by atoms with Crippen LogP contribution in [0, 0.1) is 0 Å². The zero-order chi connectivity index (χ0) is 18.2. The van der Waals surface area contributed by atoms with Crippen molar-refractivity contribution in [3.63, 3.8) is 0 Å². The Morgan fingerprint density at radius 3 is 2.56 bits per heavy atom. The fraction of sp³-hybridized carbons (Fsp3) is 0.471. The molecule has 1 fully saturated rings. The third-order valence-corrected chi connectivity index (χ3v) is 5.24. The quantitative estimate of drug-likeness (QED) is 0.412. The van der Waals surface area contributed by atoms with Crippen molar-refractivity contribution in [2.75, 3.05) is 19.8 Å². The maximum absolute atomic E-state index is 12.4. The van der Waals surface area contributed by atoms with Gasteiger partial charge in [0.15, 0.2) is 5.11 Å². The van der Waals surface area contributed by atoms with Crippen molar-refractivity contribution >= 4 is 40.9 Å². The highest BCUT2D eigenvalue weighted by Gasteiger charge is 2.17. The summed E-state index contributed by atoms with van der Waals surface area (Å²) in [6, 6.07) is 7.59. The Bertz CT molecular complexity index is 631. The number of nitrogens with one attached hydrogen (secondary N) is 3. The van der Waals surface area contributed by atoms with Gasteiger partial charge in [0.05, 0.1) is 11.3 Å². The summed E-state index contributed by atoms with van der Waals surface area (Å²) >= 11 is 6.56. The van der Waals surface area contributed by atoms with Crippen molar-refractivity contribution in [2.24, 2.45) is 0 Å². The molecule has 3 N–H and O–H groups in total. The third kappa shape index (κ3) is 6.21. The van der Waals surface area contributed by atoms with Crippen molar-refractivity contribution in [3.05, 3.63) is 29.8 Å². The Labute approximate surface area is 158 Å². The van der Waals surface area contributed by atoms with Crippen LogP contribution >= 0.6 is 24.0 Å². The van der Waals surface area contributed by atoms with Crippen molar-refractivity contribution in [1.82, 2.24) is 21.1 Å². The summed E-state index contributed by atoms with van der Waals surface area (Å²) in [6.45, 7) is 0. The zero-order valence-corrected chi connectivity index (χ0v) is 16.1. The maximum atomic E-state index is 12.4. The predicted molar refractivity (Wildman–Crippen MR) is 104 cm³/mol. The van der Waals surface area contributed by atoms with E-state index >= 15 is 0 Å². The summed E-state index contributed by atoms with van der Waals surface area (Å²) in [6.07, 6.45) is 4.64. The molecule has 1 saturated carbocycles. The number of hydrogen-bond acceptors (Lipinski definition) is 4. The van der Waals surface area contributed by atoms with E-state index in [0.29, 0.717) is 16.7 Å². The molecule has 25 heavy (non-hydrogen) atoms. The number of hydrazine groups is 1. The number of rotatable bonds is 5. The zero-order valence-electron chi connectivity index (χ0n) is 14.5. The van der Waals surface area contributed by atoms with Crippen LogP contribution in [0.3, 0.4) is 0 Å². The number of hydrogen-bond donors (Lipinski definition) is 3. The molecular weight excluding hydrogens is 356 g/mol. The van der Waals surface area contributed by atoms with Gasteiger partial charge in [0.2, 0.25) is 5.91 Å². The molecule has 0 saturated heterocycles. The van der Waals surface area contributed by atoms with Gasteiger partial charge in [-0.2, -0.15) is 0 Å². The van der Waals surface area contributed by atoms with Gasteiger partial charge < -0.3 is 10.2 Å². The van der Waals surface area contributed by atoms with E-state index in [0.717, 1.165) is 17.7 Å². The van der Waals surface area contributed by atoms with Crippen LogP contribution in [0.1, 0.15) is 36.0 Å². The van der Waals surface area contributed by atoms with Crippen LogP contribution in [-0.2, 0) is 4.79 Å². The predicted octanol–water partition coefficient (Wildman–Crippen LogP) is 1.92. The van der Waals surface area contributed by atoms with E-state index in [1.165, 1.54) is 29.5 Å². The van der Waals surface area contributed by atoms with E-state index in [9.17, 15) is 9.59 Å². The average molecular weight is 381 g/mol. The van der Waals surface area contributed by atoms with Gasteiger partial charge in [-0.3, -0.25) is 20.4 Å². The first-order chi connectivity index (χ1) is 12.0. The van der Waals surface area contributed by atoms with Crippen molar-refractivity contribution in [3.8, 4) is 0 Å². The molecule has 0 atom stereocenters. The Morgan fingerprint density at radius 1 is 1.20 bits per heavy atom. The van der Waals surface area contributed by atoms with Gasteiger partial charge in [-0.05, 0) is 37.2 Å². The first-order valence-corrected chi connectivity index (χ1v) is 9.65. The van der Waals surface area contributed by atoms with Gasteiger partial charge in [0, 0.05) is 25.0 Å². The normalized spacial score (nSPS) is 14.0. The Hall–Kier alpha value is -1.80. The van der Waals surface area contributed by atoms with Crippen molar-refractivity contribution < 1.29 is 9.59 Å². The SMILES string of the molecule is CN(C)C(=O)CSc1ccccc1C(=O)NNC(=S)NC1CCCC1. The maximum Gasteiger partial charge on any atom is 0.270 e. The fourth-order valence-corrected chi connectivity index (χ4v) is 3.77. The lowest BCUT2D eigenvalue weighted by atomic mass is 10.2. The van der Waals surface area contributed by atoms with Crippen LogP contribution in [0.4, 0.5) is 0 Å². The fourth-order valence-electron chi connectivity index (χ4n) is 2.52. The summed E-state index contributed by atoms with van der Waals surface area (Å²) < 4.78 is 0. The molecule has 0 radical (unpaired) electrons. The lowest BCUT2D eigenvalue weighted by molar-refractivity contribution is -0.125. The van der Waals surface area contributed by atoms with Crippen LogP contribution < -0.4 is 16.2 Å². The molecule has 8 heteroatoms. The molecule has 1 aromatic carbocycles. The second-order valence-corrected chi connectivity index (χ2v) is 7.53. The minimum absolute atomic E-state index is 0.000257. The van der Waals surface area contributed by atoms with Crippen molar-refractivity contribution in [1.29, 1.82) is 0 Å². The largest absolute Gasteiger partial charge is 0.359 e. The molecule has 0 aromatic heterocycles. The Kier molecular flexibility index (Phi) is 7.52. The summed E-state index contributed by atoms with van der Waals surface area (Å²) in [4.78, 5) is 26.4. The summed E-state index contributed by atoms with van der Waals surface area (Å²) in [7, 11) is 3.42. The molecule has 0 bridgehead atoms. The van der Waals surface area contributed by atoms with Crippen LogP contribution in [0.2, 0.25) is 0 Å². The third-order valence-electron chi connectivity index (χ3n) is 3.96. The van der Waals surface area contributed by atoms with Crippen molar-refractivity contribution in [2.45, 2.75) is 36.6 Å². The molecule has 2 amide bonds. The van der Waals surface area contributed by atoms with E-state index in [1.807, 2.05) is 12.1 Å². The average Bonchev–Trinajstić information content (AvgIpc) is 3.10. The first kappa shape index (κ1) is 19.5. The number of carbonyl (C=O) groups is 2. The van der Waals surface area contributed by atoms with Gasteiger partial charge in [-0.25, -0.2) is 0 Å². The Morgan fingerprint density at radius 2 is 1.88 bits per heavy atom. The standard InChI is InChI=1S/C17H24N4O2S2/c1-21(2)15(22)11-25-14-10-6-5-9-13(14)16(23)19-20-17(24)18-12-7-3-4-8-12/h5-6,9-10,12H,3-4,7-8,11H2,1-2H3,(H,19,23)(H2,18,20,24). The highest BCUT2D eigenvalue weighted by molar-refractivity contribution is 8.00. The molecule has 6 nitrogen and oxygen atoms in total. The van der Waals surface area contributed by atoms with E-state index < -0.39 is 0 Å². The highest BCUT2D eigenvalue weighted by Crippen LogP contribution is 2.22. The summed E-state index contributed by atoms with van der Waals surface area (Å²) in [5.74, 6) is 0.00285. The van der Waals surface area contributed by atoms with Gasteiger partial charge in [0.25, 0.3) is 5.91 Å². The number of thioether (sulfide) groups is 1. The van der Waals surface area contributed by atoms with E-state index in [4.69, 9.17) is 12.2 Å².